The van der Waals surface area contributed by atoms with Crippen LogP contribution < -0.4 is 0 Å². The molecule has 0 unspecified atom stereocenters. The van der Waals surface area contributed by atoms with E-state index in [2.05, 4.69) is 4.98 Å². The van der Waals surface area contributed by atoms with E-state index in [1.165, 1.54) is 18.2 Å². The third-order valence-corrected chi connectivity index (χ3v) is 3.30. The van der Waals surface area contributed by atoms with E-state index >= 15 is 0 Å². The highest BCUT2D eigenvalue weighted by atomic mass is 16.6. The lowest BCUT2D eigenvalue weighted by Gasteiger charge is -2.00. The smallest absolute Gasteiger partial charge is 0.328 e. The molecule has 0 aliphatic carbocycles. The van der Waals surface area contributed by atoms with E-state index in [0.717, 1.165) is 6.08 Å². The summed E-state index contributed by atoms with van der Waals surface area (Å²) in [6.07, 6.45) is 4.27. The highest BCUT2D eigenvalue weighted by molar-refractivity contribution is 5.87. The van der Waals surface area contributed by atoms with Crippen molar-refractivity contribution in [2.45, 2.75) is 0 Å². The maximum atomic E-state index is 10.8. The molecular weight excluding hydrogens is 298 g/mol. The minimum Gasteiger partial charge on any atom is -0.478 e. The van der Waals surface area contributed by atoms with Crippen LogP contribution in [0.1, 0.15) is 5.69 Å². The summed E-state index contributed by atoms with van der Waals surface area (Å²) in [4.78, 5) is 25.6. The fourth-order valence-electron chi connectivity index (χ4n) is 2.28. The van der Waals surface area contributed by atoms with Gasteiger partial charge in [-0.2, -0.15) is 0 Å². The molecule has 7 heteroatoms. The van der Waals surface area contributed by atoms with Crippen LogP contribution in [-0.4, -0.2) is 25.4 Å². The fraction of sp³-hybridized carbons (Fsp3) is 0. The summed E-state index contributed by atoms with van der Waals surface area (Å²) in [6.45, 7) is 0. The van der Waals surface area contributed by atoms with Gasteiger partial charge in [-0.1, -0.05) is 6.07 Å². The van der Waals surface area contributed by atoms with Crippen LogP contribution in [0.15, 0.2) is 54.7 Å². The normalized spacial score (nSPS) is 11.1. The zero-order chi connectivity index (χ0) is 16.4. The van der Waals surface area contributed by atoms with Crippen LogP contribution in [0.25, 0.3) is 23.0 Å². The van der Waals surface area contributed by atoms with E-state index < -0.39 is 10.9 Å². The van der Waals surface area contributed by atoms with Crippen molar-refractivity contribution in [2.75, 3.05) is 0 Å². The molecule has 7 nitrogen and oxygen atoms in total. The van der Waals surface area contributed by atoms with E-state index in [4.69, 9.17) is 5.11 Å². The number of nitro benzene ring substituents is 1. The minimum absolute atomic E-state index is 0.0138. The van der Waals surface area contributed by atoms with Gasteiger partial charge >= 0.3 is 5.97 Å². The molecule has 0 fully saturated rings. The second-order valence-electron chi connectivity index (χ2n) is 4.75. The SMILES string of the molecule is O=C(O)C=Cc1c(-c2ccc([N+](=O)[O-])cc2)nc2ccccn12. The molecule has 0 spiro atoms. The van der Waals surface area contributed by atoms with Crippen LogP contribution in [0.5, 0.6) is 0 Å². The number of nitrogens with zero attached hydrogens (tertiary/aromatic N) is 3. The molecule has 23 heavy (non-hydrogen) atoms. The van der Waals surface area contributed by atoms with E-state index in [0.29, 0.717) is 22.6 Å². The average molecular weight is 309 g/mol. The van der Waals surface area contributed by atoms with Crippen molar-refractivity contribution in [3.63, 3.8) is 0 Å². The summed E-state index contributed by atoms with van der Waals surface area (Å²) < 4.78 is 1.76. The maximum absolute atomic E-state index is 10.8. The number of benzene rings is 1. The molecule has 2 aromatic heterocycles. The maximum Gasteiger partial charge on any atom is 0.328 e. The van der Waals surface area contributed by atoms with E-state index in [1.807, 2.05) is 12.1 Å². The first-order valence-corrected chi connectivity index (χ1v) is 6.69. The third kappa shape index (κ3) is 2.80. The molecule has 0 aliphatic heterocycles. The average Bonchev–Trinajstić information content (AvgIpc) is 2.91. The van der Waals surface area contributed by atoms with E-state index in [1.54, 1.807) is 28.8 Å². The van der Waals surface area contributed by atoms with Gasteiger partial charge in [0.05, 0.1) is 16.3 Å². The highest BCUT2D eigenvalue weighted by Gasteiger charge is 2.13. The van der Waals surface area contributed by atoms with E-state index in [9.17, 15) is 14.9 Å². The van der Waals surface area contributed by atoms with Gasteiger partial charge in [0.1, 0.15) is 5.65 Å². The summed E-state index contributed by atoms with van der Waals surface area (Å²) in [7, 11) is 0. The highest BCUT2D eigenvalue weighted by Crippen LogP contribution is 2.27. The summed E-state index contributed by atoms with van der Waals surface area (Å²) in [5.41, 5.74) is 2.47. The van der Waals surface area contributed by atoms with Crippen molar-refractivity contribution in [1.82, 2.24) is 9.38 Å². The zero-order valence-corrected chi connectivity index (χ0v) is 11.8. The van der Waals surface area contributed by atoms with Crippen LogP contribution in [0.4, 0.5) is 5.69 Å². The van der Waals surface area contributed by atoms with Gasteiger partial charge in [-0.15, -0.1) is 0 Å². The Morgan fingerprint density at radius 3 is 2.61 bits per heavy atom. The number of nitro groups is 1. The number of hydrogen-bond donors (Lipinski definition) is 1. The number of non-ortho nitro benzene ring substituents is 1. The van der Waals surface area contributed by atoms with E-state index in [-0.39, 0.29) is 5.69 Å². The van der Waals surface area contributed by atoms with Gasteiger partial charge in [-0.25, -0.2) is 9.78 Å². The second-order valence-corrected chi connectivity index (χ2v) is 4.75. The van der Waals surface area contributed by atoms with Crippen molar-refractivity contribution in [3.05, 3.63) is 70.5 Å². The number of aromatic nitrogens is 2. The number of imidazole rings is 1. The number of fused-ring (bicyclic) bond motifs is 1. The summed E-state index contributed by atoms with van der Waals surface area (Å²) >= 11 is 0. The lowest BCUT2D eigenvalue weighted by molar-refractivity contribution is -0.384. The molecule has 0 saturated carbocycles. The van der Waals surface area contributed by atoms with Gasteiger partial charge in [-0.3, -0.25) is 14.5 Å². The number of carboxylic acid groups (broad SMARTS) is 1. The van der Waals surface area contributed by atoms with Crippen LogP contribution >= 0.6 is 0 Å². The molecular formula is C16H11N3O4. The van der Waals surface area contributed by atoms with Crippen molar-refractivity contribution in [2.24, 2.45) is 0 Å². The number of pyridine rings is 1. The quantitative estimate of drug-likeness (QED) is 0.454. The van der Waals surface area contributed by atoms with Crippen LogP contribution in [0.2, 0.25) is 0 Å². The summed E-state index contributed by atoms with van der Waals surface area (Å²) in [6, 6.07) is 11.4. The molecule has 1 N–H and O–H groups in total. The van der Waals surface area contributed by atoms with Crippen molar-refractivity contribution >= 4 is 23.4 Å². The topological polar surface area (TPSA) is 97.7 Å². The van der Waals surface area contributed by atoms with Gasteiger partial charge in [0.2, 0.25) is 0 Å². The zero-order valence-electron chi connectivity index (χ0n) is 11.8. The molecule has 1 aromatic carbocycles. The lowest BCUT2D eigenvalue weighted by Crippen LogP contribution is -1.91. The van der Waals surface area contributed by atoms with Crippen LogP contribution in [-0.2, 0) is 4.79 Å². The Bertz CT molecular complexity index is 926. The molecule has 0 radical (unpaired) electrons. The Morgan fingerprint density at radius 2 is 1.96 bits per heavy atom. The largest absolute Gasteiger partial charge is 0.478 e. The molecule has 0 aliphatic rings. The molecule has 3 rings (SSSR count). The Kier molecular flexibility index (Phi) is 3.60. The number of carboxylic acids is 1. The standard InChI is InChI=1S/C16H11N3O4/c20-15(21)9-8-13-16(17-14-3-1-2-10-18(13)14)11-4-6-12(7-5-11)19(22)23/h1-10H,(H,20,21). The van der Waals surface area contributed by atoms with Gasteiger partial charge < -0.3 is 5.11 Å². The second kappa shape index (κ2) is 5.72. The third-order valence-electron chi connectivity index (χ3n) is 3.30. The number of carbonyl (C=O) groups is 1. The first-order valence-electron chi connectivity index (χ1n) is 6.69. The molecule has 0 atom stereocenters. The molecule has 2 heterocycles. The lowest BCUT2D eigenvalue weighted by atomic mass is 10.1. The molecule has 0 bridgehead atoms. The first-order chi connectivity index (χ1) is 11.1. The number of hydrogen-bond acceptors (Lipinski definition) is 4. The molecule has 0 saturated heterocycles. The van der Waals surface area contributed by atoms with Crippen molar-refractivity contribution in [3.8, 4) is 11.3 Å². The molecule has 0 amide bonds. The van der Waals surface area contributed by atoms with Gasteiger partial charge in [-0.05, 0) is 30.3 Å². The Morgan fingerprint density at radius 1 is 1.22 bits per heavy atom. The monoisotopic (exact) mass is 309 g/mol. The summed E-state index contributed by atoms with van der Waals surface area (Å²) in [5.74, 6) is -1.06. The molecule has 3 aromatic rings. The Hall–Kier alpha value is -3.48. The Labute approximate surface area is 130 Å². The van der Waals surface area contributed by atoms with Gasteiger partial charge in [0.15, 0.2) is 0 Å². The van der Waals surface area contributed by atoms with Crippen molar-refractivity contribution < 1.29 is 14.8 Å². The predicted octanol–water partition coefficient (Wildman–Crippen LogP) is 3.01. The predicted molar refractivity (Wildman–Crippen MR) is 84.0 cm³/mol. The van der Waals surface area contributed by atoms with Gasteiger partial charge in [0.25, 0.3) is 5.69 Å². The van der Waals surface area contributed by atoms with Crippen LogP contribution in [0.3, 0.4) is 0 Å². The number of rotatable bonds is 4. The van der Waals surface area contributed by atoms with Crippen molar-refractivity contribution in [1.29, 1.82) is 0 Å². The first kappa shape index (κ1) is 14.5. The number of aliphatic carboxylic acids is 1. The molecule has 114 valence electrons. The Balaban J connectivity index is 2.17. The minimum atomic E-state index is -1.06. The summed E-state index contributed by atoms with van der Waals surface area (Å²) in [5, 5.41) is 19.6. The van der Waals surface area contributed by atoms with Gasteiger partial charge in [0, 0.05) is 30.0 Å². The fourth-order valence-corrected chi connectivity index (χ4v) is 2.28. The van der Waals surface area contributed by atoms with Crippen LogP contribution in [0, 0.1) is 10.1 Å².